The molecule has 0 aromatic rings. The van der Waals surface area contributed by atoms with E-state index >= 15 is 0 Å². The summed E-state index contributed by atoms with van der Waals surface area (Å²) in [6.07, 6.45) is 0. The van der Waals surface area contributed by atoms with Gasteiger partial charge >= 0.3 is 28.6 Å². The van der Waals surface area contributed by atoms with Crippen LogP contribution in [0.5, 0.6) is 0 Å². The average Bonchev–Trinajstić information content (AvgIpc) is 2.26. The Kier molecular flexibility index (Phi) is 2.72. The van der Waals surface area contributed by atoms with Crippen LogP contribution in [-0.2, 0) is 9.47 Å². The van der Waals surface area contributed by atoms with Gasteiger partial charge in [-0.1, -0.05) is 0 Å². The Balaban J connectivity index is 3.16. The fraction of sp³-hybridized carbons (Fsp3) is 0.600. The largest absolute Gasteiger partial charge is 0.416 e. The average molecular weight is 277 g/mol. The number of hydrogen-bond acceptors (Lipinski definition) is 2. The summed E-state index contributed by atoms with van der Waals surface area (Å²) in [6, 6.07) is -4.79. The summed E-state index contributed by atoms with van der Waals surface area (Å²) in [6.45, 7) is 0. The highest BCUT2D eigenvalue weighted by molar-refractivity contribution is 6.26. The quantitative estimate of drug-likeness (QED) is 0.568. The zero-order chi connectivity index (χ0) is 12.1. The van der Waals surface area contributed by atoms with E-state index in [1.807, 2.05) is 0 Å². The minimum absolute atomic E-state index is 2.39. The lowest BCUT2D eigenvalue weighted by Gasteiger charge is -2.32. The summed E-state index contributed by atoms with van der Waals surface area (Å²) in [5.41, 5.74) is 0. The van der Waals surface area contributed by atoms with E-state index in [-0.39, 0.29) is 0 Å². The van der Waals surface area contributed by atoms with Crippen molar-refractivity contribution in [1.29, 1.82) is 0 Å². The second-order valence-electron chi connectivity index (χ2n) is 2.36. The van der Waals surface area contributed by atoms with Crippen molar-refractivity contribution in [3.8, 4) is 0 Å². The molecule has 0 bridgehead atoms. The van der Waals surface area contributed by atoms with Crippen LogP contribution in [0.2, 0.25) is 0 Å². The molecule has 0 aliphatic carbocycles. The molecule has 0 spiro atoms. The van der Waals surface area contributed by atoms with Crippen LogP contribution in [0.25, 0.3) is 0 Å². The molecule has 0 fully saturated rings. The van der Waals surface area contributed by atoms with E-state index in [4.69, 9.17) is 0 Å². The highest BCUT2D eigenvalue weighted by Gasteiger charge is 2.77. The first kappa shape index (κ1) is 12.6. The fourth-order valence-corrected chi connectivity index (χ4v) is 1.19. The summed E-state index contributed by atoms with van der Waals surface area (Å²) in [7, 11) is 0. The van der Waals surface area contributed by atoms with Crippen LogP contribution in [0, 0.1) is 0 Å². The highest BCUT2D eigenvalue weighted by atomic mass is 35.5. The van der Waals surface area contributed by atoms with Crippen LogP contribution in [-0.4, -0.2) is 16.6 Å². The first-order chi connectivity index (χ1) is 6.51. The summed E-state index contributed by atoms with van der Waals surface area (Å²) >= 11 is 8.41. The van der Waals surface area contributed by atoms with Crippen molar-refractivity contribution < 1.29 is 35.8 Å². The Hall–Kier alpha value is -0.500. The first-order valence-electron chi connectivity index (χ1n) is 3.08. The number of halogens is 8. The molecular formula is C5Cl2F6O2. The molecule has 0 saturated carbocycles. The van der Waals surface area contributed by atoms with Crippen molar-refractivity contribution in [2.45, 2.75) is 16.6 Å². The van der Waals surface area contributed by atoms with Gasteiger partial charge < -0.3 is 9.47 Å². The van der Waals surface area contributed by atoms with Gasteiger partial charge in [-0.2, -0.15) is 26.3 Å². The van der Waals surface area contributed by atoms with Gasteiger partial charge in [0, 0.05) is 0 Å². The van der Waals surface area contributed by atoms with Crippen LogP contribution in [0.3, 0.4) is 0 Å². The molecule has 0 aromatic heterocycles. The molecule has 15 heavy (non-hydrogen) atoms. The maximum absolute atomic E-state index is 12.5. The molecule has 0 N–H and O–H groups in total. The van der Waals surface area contributed by atoms with Crippen molar-refractivity contribution in [2.75, 3.05) is 0 Å². The Bertz CT molecular complexity index is 276. The van der Waals surface area contributed by atoms with Crippen LogP contribution < -0.4 is 0 Å². The van der Waals surface area contributed by atoms with Crippen molar-refractivity contribution in [3.05, 3.63) is 12.0 Å². The van der Waals surface area contributed by atoms with Crippen molar-refractivity contribution >= 4 is 23.2 Å². The van der Waals surface area contributed by atoms with Gasteiger partial charge in [-0.25, -0.2) is 0 Å². The Labute approximate surface area is 88.3 Å². The van der Waals surface area contributed by atoms with Gasteiger partial charge in [0.2, 0.25) is 0 Å². The number of ether oxygens (including phenoxy) is 2. The second kappa shape index (κ2) is 3.24. The van der Waals surface area contributed by atoms with E-state index in [0.717, 1.165) is 0 Å². The first-order valence-corrected chi connectivity index (χ1v) is 3.83. The molecule has 0 atom stereocenters. The van der Waals surface area contributed by atoms with Crippen molar-refractivity contribution in [2.24, 2.45) is 0 Å². The predicted molar refractivity (Wildman–Crippen MR) is 35.7 cm³/mol. The molecule has 2 nitrogen and oxygen atoms in total. The molecule has 1 aliphatic rings. The Morgan fingerprint density at radius 1 is 0.867 bits per heavy atom. The minimum Gasteiger partial charge on any atom is -0.410 e. The van der Waals surface area contributed by atoms with Crippen LogP contribution in [0.4, 0.5) is 26.3 Å². The normalized spacial score (nSPS) is 21.3. The van der Waals surface area contributed by atoms with E-state index in [1.54, 1.807) is 0 Å². The standard InChI is InChI=1S/C5Cl2F6O2/c6-4(10,11)3(5(7,12)13)14-1(8)2(9)15-3. The summed E-state index contributed by atoms with van der Waals surface area (Å²) in [4.78, 5) is 0. The van der Waals surface area contributed by atoms with Gasteiger partial charge in [0.15, 0.2) is 0 Å². The molecule has 1 aliphatic heterocycles. The SMILES string of the molecule is FC1=C(F)OC(C(F)(F)Cl)(C(F)(F)Cl)O1. The number of alkyl halides is 6. The van der Waals surface area contributed by atoms with Gasteiger partial charge in [-0.05, 0) is 23.2 Å². The monoisotopic (exact) mass is 276 g/mol. The lowest BCUT2D eigenvalue weighted by atomic mass is 10.3. The van der Waals surface area contributed by atoms with Gasteiger partial charge in [-0.15, -0.1) is 0 Å². The Morgan fingerprint density at radius 2 is 1.13 bits per heavy atom. The maximum Gasteiger partial charge on any atom is 0.416 e. The molecular weight excluding hydrogens is 277 g/mol. The van der Waals surface area contributed by atoms with Gasteiger partial charge in [-0.3, -0.25) is 0 Å². The zero-order valence-electron chi connectivity index (χ0n) is 6.34. The summed E-state index contributed by atoms with van der Waals surface area (Å²) < 4.78 is 81.0. The topological polar surface area (TPSA) is 18.5 Å². The summed E-state index contributed by atoms with van der Waals surface area (Å²) in [5.74, 6) is -4.45. The summed E-state index contributed by atoms with van der Waals surface area (Å²) in [5, 5.41) is -9.91. The van der Waals surface area contributed by atoms with E-state index < -0.39 is 28.6 Å². The molecule has 0 saturated heterocycles. The van der Waals surface area contributed by atoms with E-state index in [0.29, 0.717) is 0 Å². The molecule has 1 rings (SSSR count). The van der Waals surface area contributed by atoms with Crippen molar-refractivity contribution in [1.82, 2.24) is 0 Å². The lowest BCUT2D eigenvalue weighted by molar-refractivity contribution is -0.328. The zero-order valence-corrected chi connectivity index (χ0v) is 7.85. The molecule has 88 valence electrons. The van der Waals surface area contributed by atoms with Gasteiger partial charge in [0.1, 0.15) is 0 Å². The highest BCUT2D eigenvalue weighted by Crippen LogP contribution is 2.54. The molecule has 0 amide bonds. The smallest absolute Gasteiger partial charge is 0.410 e. The van der Waals surface area contributed by atoms with E-state index in [2.05, 4.69) is 32.7 Å². The van der Waals surface area contributed by atoms with Crippen LogP contribution in [0.1, 0.15) is 0 Å². The van der Waals surface area contributed by atoms with Crippen LogP contribution >= 0.6 is 23.2 Å². The number of hydrogen-bond donors (Lipinski definition) is 0. The second-order valence-corrected chi connectivity index (χ2v) is 3.31. The van der Waals surface area contributed by atoms with Crippen molar-refractivity contribution in [3.63, 3.8) is 0 Å². The third-order valence-corrected chi connectivity index (χ3v) is 1.87. The van der Waals surface area contributed by atoms with Gasteiger partial charge in [0.25, 0.3) is 0 Å². The third kappa shape index (κ3) is 1.80. The molecule has 1 heterocycles. The predicted octanol–water partition coefficient (Wildman–Crippen LogP) is 3.46. The lowest BCUT2D eigenvalue weighted by Crippen LogP contribution is -2.57. The third-order valence-electron chi connectivity index (χ3n) is 1.37. The van der Waals surface area contributed by atoms with Gasteiger partial charge in [0.05, 0.1) is 0 Å². The minimum atomic E-state index is -4.95. The van der Waals surface area contributed by atoms with E-state index in [1.165, 1.54) is 0 Å². The molecule has 0 radical (unpaired) electrons. The Morgan fingerprint density at radius 3 is 1.27 bits per heavy atom. The van der Waals surface area contributed by atoms with Crippen LogP contribution in [0.15, 0.2) is 12.0 Å². The fourth-order valence-electron chi connectivity index (χ4n) is 0.746. The molecule has 10 heteroatoms. The number of rotatable bonds is 2. The molecule has 0 unspecified atom stereocenters. The molecule has 0 aromatic carbocycles. The maximum atomic E-state index is 12.5. The van der Waals surface area contributed by atoms with E-state index in [9.17, 15) is 26.3 Å².